The highest BCUT2D eigenvalue weighted by molar-refractivity contribution is 6.44. The van der Waals surface area contributed by atoms with Crippen LogP contribution in [-0.4, -0.2) is 20.8 Å². The fraction of sp³-hybridized carbons (Fsp3) is 0.182. The fourth-order valence-electron chi connectivity index (χ4n) is 3.08. The van der Waals surface area contributed by atoms with Crippen LogP contribution in [0.4, 0.5) is 16.3 Å². The molecule has 6 nitrogen and oxygen atoms in total. The van der Waals surface area contributed by atoms with Crippen LogP contribution in [0.2, 0.25) is 10.0 Å². The van der Waals surface area contributed by atoms with E-state index in [2.05, 4.69) is 36.4 Å². The molecule has 0 radical (unpaired) electrons. The summed E-state index contributed by atoms with van der Waals surface area (Å²) >= 11 is 12.2. The number of urea groups is 1. The number of rotatable bonds is 3. The number of nitrogens with one attached hydrogen (secondary N) is 3. The molecule has 0 atom stereocenters. The molecule has 0 aliphatic carbocycles. The number of hydrogen-bond donors (Lipinski definition) is 3. The van der Waals surface area contributed by atoms with E-state index >= 15 is 0 Å². The quantitative estimate of drug-likeness (QED) is 0.334. The number of hydrogen-bond acceptors (Lipinski definition) is 2. The van der Waals surface area contributed by atoms with E-state index < -0.39 is 6.03 Å². The van der Waals surface area contributed by atoms with Crippen LogP contribution in [0, 0.1) is 0 Å². The van der Waals surface area contributed by atoms with Crippen LogP contribution in [0.3, 0.4) is 0 Å². The van der Waals surface area contributed by atoms with Crippen LogP contribution < -0.4 is 10.6 Å². The van der Waals surface area contributed by atoms with Crippen LogP contribution in [0.5, 0.6) is 0 Å². The van der Waals surface area contributed by atoms with E-state index in [4.69, 9.17) is 28.3 Å². The number of carbonyl (C=O) groups is 1. The summed E-state index contributed by atoms with van der Waals surface area (Å²) in [5.41, 5.74) is 2.97. The molecule has 4 aromatic rings. The number of benzene rings is 2. The topological polar surface area (TPSA) is 74.7 Å². The summed E-state index contributed by atoms with van der Waals surface area (Å²) < 4.78 is 1.73. The molecule has 0 aliphatic rings. The molecule has 2 aromatic carbocycles. The molecule has 0 unspecified atom stereocenters. The van der Waals surface area contributed by atoms with Gasteiger partial charge in [-0.25, -0.2) is 9.48 Å². The minimum atomic E-state index is -0.441. The highest BCUT2D eigenvalue weighted by Crippen LogP contribution is 2.30. The predicted molar refractivity (Wildman–Crippen MR) is 123 cm³/mol. The minimum absolute atomic E-state index is 0.188. The van der Waals surface area contributed by atoms with Crippen molar-refractivity contribution in [1.82, 2.24) is 14.8 Å². The monoisotopic (exact) mass is 441 g/mol. The largest absolute Gasteiger partial charge is 0.361 e. The van der Waals surface area contributed by atoms with Crippen LogP contribution in [0.1, 0.15) is 26.5 Å². The zero-order valence-corrected chi connectivity index (χ0v) is 18.3. The highest BCUT2D eigenvalue weighted by Gasteiger charge is 2.22. The van der Waals surface area contributed by atoms with Crippen molar-refractivity contribution in [2.45, 2.75) is 26.2 Å². The van der Waals surface area contributed by atoms with Gasteiger partial charge in [0.2, 0.25) is 0 Å². The number of amides is 2. The van der Waals surface area contributed by atoms with E-state index in [1.54, 1.807) is 22.9 Å². The Hall–Kier alpha value is -2.96. The summed E-state index contributed by atoms with van der Waals surface area (Å²) in [5, 5.41) is 12.1. The first-order valence-electron chi connectivity index (χ1n) is 9.42. The summed E-state index contributed by atoms with van der Waals surface area (Å²) in [6.45, 7) is 6.22. The Balaban J connectivity index is 1.68. The van der Waals surface area contributed by atoms with E-state index in [0.717, 1.165) is 22.3 Å². The molecule has 2 heterocycles. The Morgan fingerprint density at radius 3 is 2.63 bits per heavy atom. The average molecular weight is 442 g/mol. The number of H-pyrrole nitrogens is 1. The SMILES string of the molecule is CC(C)(C)c1cc(NC(=O)Nc2cccc(Cl)c2Cl)n(-c2ccc3[nH]ccc3c2)n1. The number of carbonyl (C=O) groups excluding carboxylic acids is 1. The van der Waals surface area contributed by atoms with Gasteiger partial charge in [-0.1, -0.05) is 50.0 Å². The number of anilines is 2. The van der Waals surface area contributed by atoms with Crippen LogP contribution >= 0.6 is 23.2 Å². The second kappa shape index (κ2) is 7.70. The lowest BCUT2D eigenvalue weighted by Crippen LogP contribution is -2.21. The maximum atomic E-state index is 12.7. The zero-order valence-electron chi connectivity index (χ0n) is 16.8. The maximum absolute atomic E-state index is 12.7. The third-order valence-electron chi connectivity index (χ3n) is 4.70. The van der Waals surface area contributed by atoms with E-state index in [-0.39, 0.29) is 10.4 Å². The average Bonchev–Trinajstić information content (AvgIpc) is 3.31. The number of aromatic nitrogens is 3. The van der Waals surface area contributed by atoms with Crippen molar-refractivity contribution < 1.29 is 4.79 Å². The molecule has 0 fully saturated rings. The molecule has 30 heavy (non-hydrogen) atoms. The van der Waals surface area contributed by atoms with Crippen LogP contribution in [0.15, 0.2) is 54.7 Å². The lowest BCUT2D eigenvalue weighted by Gasteiger charge is -2.14. The summed E-state index contributed by atoms with van der Waals surface area (Å²) in [5.74, 6) is 0.547. The van der Waals surface area contributed by atoms with Gasteiger partial charge in [-0.3, -0.25) is 5.32 Å². The van der Waals surface area contributed by atoms with E-state index in [0.29, 0.717) is 16.5 Å². The van der Waals surface area contributed by atoms with Crippen molar-refractivity contribution in [2.75, 3.05) is 10.6 Å². The number of fused-ring (bicyclic) bond motifs is 1. The summed E-state index contributed by atoms with van der Waals surface area (Å²) in [6, 6.07) is 14.5. The first-order chi connectivity index (χ1) is 14.2. The van der Waals surface area contributed by atoms with Crippen LogP contribution in [0.25, 0.3) is 16.6 Å². The fourth-order valence-corrected chi connectivity index (χ4v) is 3.42. The van der Waals surface area contributed by atoms with Crippen molar-refractivity contribution in [2.24, 2.45) is 0 Å². The Kier molecular flexibility index (Phi) is 5.22. The molecule has 0 bridgehead atoms. The Bertz CT molecular complexity index is 1240. The molecule has 0 saturated carbocycles. The Morgan fingerprint density at radius 1 is 1.07 bits per heavy atom. The van der Waals surface area contributed by atoms with Crippen molar-refractivity contribution in [3.63, 3.8) is 0 Å². The van der Waals surface area contributed by atoms with Gasteiger partial charge >= 0.3 is 6.03 Å². The lowest BCUT2D eigenvalue weighted by atomic mass is 9.92. The molecular weight excluding hydrogens is 421 g/mol. The second-order valence-corrected chi connectivity index (χ2v) is 8.79. The molecule has 0 spiro atoms. The van der Waals surface area contributed by atoms with E-state index in [1.807, 2.05) is 36.5 Å². The van der Waals surface area contributed by atoms with Crippen LogP contribution in [-0.2, 0) is 5.41 Å². The molecule has 0 saturated heterocycles. The van der Waals surface area contributed by atoms with Gasteiger partial charge < -0.3 is 10.3 Å². The van der Waals surface area contributed by atoms with Gasteiger partial charge in [-0.15, -0.1) is 0 Å². The minimum Gasteiger partial charge on any atom is -0.361 e. The summed E-state index contributed by atoms with van der Waals surface area (Å²) in [4.78, 5) is 15.9. The third-order valence-corrected chi connectivity index (χ3v) is 5.52. The van der Waals surface area contributed by atoms with Gasteiger partial charge in [-0.2, -0.15) is 5.10 Å². The van der Waals surface area contributed by atoms with E-state index in [1.165, 1.54) is 0 Å². The molecule has 4 rings (SSSR count). The van der Waals surface area contributed by atoms with Crippen molar-refractivity contribution >= 4 is 51.6 Å². The molecule has 2 aromatic heterocycles. The molecule has 3 N–H and O–H groups in total. The number of halogens is 2. The number of nitrogens with zero attached hydrogens (tertiary/aromatic N) is 2. The van der Waals surface area contributed by atoms with Gasteiger partial charge in [0.15, 0.2) is 0 Å². The van der Waals surface area contributed by atoms with Gasteiger partial charge in [0.1, 0.15) is 5.82 Å². The Morgan fingerprint density at radius 2 is 1.87 bits per heavy atom. The summed E-state index contributed by atoms with van der Waals surface area (Å²) in [6.07, 6.45) is 1.89. The normalized spacial score (nSPS) is 11.6. The smallest absolute Gasteiger partial charge is 0.324 e. The lowest BCUT2D eigenvalue weighted by molar-refractivity contribution is 0.262. The first-order valence-corrected chi connectivity index (χ1v) is 10.2. The highest BCUT2D eigenvalue weighted by atomic mass is 35.5. The third kappa shape index (κ3) is 4.01. The van der Waals surface area contributed by atoms with Gasteiger partial charge in [-0.05, 0) is 36.4 Å². The van der Waals surface area contributed by atoms with Gasteiger partial charge in [0.25, 0.3) is 0 Å². The predicted octanol–water partition coefficient (Wildman–Crippen LogP) is 6.60. The van der Waals surface area contributed by atoms with Gasteiger partial charge in [0, 0.05) is 28.6 Å². The van der Waals surface area contributed by atoms with E-state index in [9.17, 15) is 4.79 Å². The van der Waals surface area contributed by atoms with Crippen molar-refractivity contribution in [1.29, 1.82) is 0 Å². The Labute approximate surface area is 184 Å². The standard InChI is InChI=1S/C22H21Cl2N5O/c1-22(2,3)18-12-19(27-21(30)26-17-6-4-5-15(23)20(17)24)29(28-18)14-7-8-16-13(11-14)9-10-25-16/h4-12,25H,1-3H3,(H2,26,27,30). The molecule has 0 aliphatic heterocycles. The number of aromatic amines is 1. The second-order valence-electron chi connectivity index (χ2n) is 8.01. The molecule has 2 amide bonds. The molecule has 154 valence electrons. The first kappa shape index (κ1) is 20.3. The molecular formula is C22H21Cl2N5O. The van der Waals surface area contributed by atoms with Crippen molar-refractivity contribution in [3.8, 4) is 5.69 Å². The zero-order chi connectivity index (χ0) is 21.5. The van der Waals surface area contributed by atoms with Gasteiger partial charge in [0.05, 0.1) is 27.1 Å². The van der Waals surface area contributed by atoms with Crippen molar-refractivity contribution in [3.05, 3.63) is 70.5 Å². The molecule has 8 heteroatoms. The summed E-state index contributed by atoms with van der Waals surface area (Å²) in [7, 11) is 0. The maximum Gasteiger partial charge on any atom is 0.324 e.